The van der Waals surface area contributed by atoms with Crippen molar-refractivity contribution in [3.8, 4) is 5.75 Å². The number of ketones is 2. The zero-order valence-electron chi connectivity index (χ0n) is 16.7. The summed E-state index contributed by atoms with van der Waals surface area (Å²) in [6, 6.07) is 13.8. The summed E-state index contributed by atoms with van der Waals surface area (Å²) in [5, 5.41) is 3.42. The number of allylic oxidation sites excluding steroid dienone is 2. The van der Waals surface area contributed by atoms with Gasteiger partial charge in [-0.05, 0) is 24.0 Å². The molecule has 5 rings (SSSR count). The monoisotopic (exact) mass is 431 g/mol. The van der Waals surface area contributed by atoms with Crippen LogP contribution in [-0.4, -0.2) is 34.9 Å². The molecule has 8 heteroatoms. The Morgan fingerprint density at radius 1 is 0.968 bits per heavy atom. The molecule has 0 unspecified atom stereocenters. The van der Waals surface area contributed by atoms with Gasteiger partial charge in [0.25, 0.3) is 5.56 Å². The van der Waals surface area contributed by atoms with E-state index in [0.29, 0.717) is 33.2 Å². The van der Waals surface area contributed by atoms with E-state index in [9.17, 15) is 14.4 Å². The van der Waals surface area contributed by atoms with Crippen molar-refractivity contribution in [2.24, 2.45) is 0 Å². The van der Waals surface area contributed by atoms with Crippen LogP contribution in [0.5, 0.6) is 5.75 Å². The van der Waals surface area contributed by atoms with E-state index in [2.05, 4.69) is 15.3 Å². The van der Waals surface area contributed by atoms with Gasteiger partial charge in [0.15, 0.2) is 10.9 Å². The summed E-state index contributed by atoms with van der Waals surface area (Å²) in [5.41, 5.74) is 1.75. The molecule has 0 saturated heterocycles. The van der Waals surface area contributed by atoms with Crippen LogP contribution in [0.25, 0.3) is 0 Å². The fourth-order valence-corrected chi connectivity index (χ4v) is 4.49. The highest BCUT2D eigenvalue weighted by Crippen LogP contribution is 2.44. The van der Waals surface area contributed by atoms with E-state index >= 15 is 0 Å². The number of fused-ring (bicyclic) bond motifs is 2. The fraction of sp³-hybridized carbons (Fsp3) is 0.130. The number of carbonyl (C=O) groups is 2. The molecule has 0 spiro atoms. The van der Waals surface area contributed by atoms with Crippen molar-refractivity contribution in [1.29, 1.82) is 0 Å². The van der Waals surface area contributed by atoms with Gasteiger partial charge >= 0.3 is 0 Å². The van der Waals surface area contributed by atoms with Crippen molar-refractivity contribution in [3.05, 3.63) is 92.4 Å². The second-order valence-corrected chi connectivity index (χ2v) is 7.96. The SMILES string of the molecule is COc1ccc([C@@H]2C3=C(Nc4nc(SC)[nH]c(=O)c42)C(=O)c2ccccc2C3=O)cc1. The molecule has 0 bridgehead atoms. The molecule has 0 amide bonds. The van der Waals surface area contributed by atoms with Crippen LogP contribution in [0.2, 0.25) is 0 Å². The maximum Gasteiger partial charge on any atom is 0.257 e. The van der Waals surface area contributed by atoms with Crippen LogP contribution < -0.4 is 15.6 Å². The average molecular weight is 431 g/mol. The number of Topliss-reactive ketones (excluding diaryl/α,β-unsaturated/α-hetero) is 2. The Labute approximate surface area is 181 Å². The Morgan fingerprint density at radius 2 is 1.65 bits per heavy atom. The van der Waals surface area contributed by atoms with E-state index in [1.807, 2.05) is 0 Å². The van der Waals surface area contributed by atoms with Crippen LogP contribution >= 0.6 is 11.8 Å². The van der Waals surface area contributed by atoms with Gasteiger partial charge in [0.2, 0.25) is 5.78 Å². The Kier molecular flexibility index (Phi) is 4.51. The smallest absolute Gasteiger partial charge is 0.257 e. The number of ether oxygens (including phenoxy) is 1. The number of aromatic amines is 1. The lowest BCUT2D eigenvalue weighted by molar-refractivity contribution is 0.0971. The summed E-state index contributed by atoms with van der Waals surface area (Å²) >= 11 is 1.29. The van der Waals surface area contributed by atoms with Crippen molar-refractivity contribution in [1.82, 2.24) is 9.97 Å². The summed E-state index contributed by atoms with van der Waals surface area (Å²) in [6.07, 6.45) is 1.80. The van der Waals surface area contributed by atoms with Crippen LogP contribution in [0, 0.1) is 0 Å². The van der Waals surface area contributed by atoms with Crippen molar-refractivity contribution in [3.63, 3.8) is 0 Å². The Bertz CT molecular complexity index is 1340. The minimum absolute atomic E-state index is 0.169. The number of H-pyrrole nitrogens is 1. The molecular formula is C23H17N3O4S. The zero-order valence-corrected chi connectivity index (χ0v) is 17.5. The summed E-state index contributed by atoms with van der Waals surface area (Å²) in [5.74, 6) is -0.379. The lowest BCUT2D eigenvalue weighted by Crippen LogP contribution is -2.36. The molecule has 3 aromatic rings. The Morgan fingerprint density at radius 3 is 2.29 bits per heavy atom. The van der Waals surface area contributed by atoms with E-state index in [4.69, 9.17) is 4.74 Å². The maximum absolute atomic E-state index is 13.5. The second-order valence-electron chi connectivity index (χ2n) is 7.16. The molecule has 0 saturated carbocycles. The van der Waals surface area contributed by atoms with Crippen molar-refractivity contribution < 1.29 is 14.3 Å². The van der Waals surface area contributed by atoms with Crippen LogP contribution in [0.15, 0.2) is 69.8 Å². The van der Waals surface area contributed by atoms with Crippen LogP contribution in [0.4, 0.5) is 5.82 Å². The standard InChI is InChI=1S/C23H17N3O4S/c1-30-12-9-7-11(8-10-12)15-16-18(20(28)14-6-4-3-5-13(14)19(16)27)24-21-17(15)22(29)26-23(25-21)31-2/h3-10,15H,1-2H3,(H2,24,25,26,29)/t15-/m1/s1. The van der Waals surface area contributed by atoms with Gasteiger partial charge in [0.1, 0.15) is 11.6 Å². The number of nitrogens with one attached hydrogen (secondary N) is 2. The molecule has 2 N–H and O–H groups in total. The molecule has 154 valence electrons. The van der Waals surface area contributed by atoms with E-state index in [1.54, 1.807) is 61.9 Å². The number of carbonyl (C=O) groups excluding carboxylic acids is 2. The molecule has 1 atom stereocenters. The highest BCUT2D eigenvalue weighted by molar-refractivity contribution is 7.98. The number of benzene rings is 2. The molecule has 1 aliphatic carbocycles. The van der Waals surface area contributed by atoms with Gasteiger partial charge in [-0.25, -0.2) is 4.98 Å². The normalized spacial score (nSPS) is 16.9. The van der Waals surface area contributed by atoms with Crippen LogP contribution in [-0.2, 0) is 0 Å². The molecule has 7 nitrogen and oxygen atoms in total. The van der Waals surface area contributed by atoms with Crippen molar-refractivity contribution in [2.45, 2.75) is 11.1 Å². The third kappa shape index (κ3) is 2.90. The minimum Gasteiger partial charge on any atom is -0.497 e. The highest BCUT2D eigenvalue weighted by Gasteiger charge is 2.42. The lowest BCUT2D eigenvalue weighted by Gasteiger charge is -2.32. The van der Waals surface area contributed by atoms with Crippen LogP contribution in [0.1, 0.15) is 37.8 Å². The largest absolute Gasteiger partial charge is 0.497 e. The lowest BCUT2D eigenvalue weighted by atomic mass is 9.74. The molecule has 31 heavy (non-hydrogen) atoms. The number of aromatic nitrogens is 2. The number of methoxy groups -OCH3 is 1. The highest BCUT2D eigenvalue weighted by atomic mass is 32.2. The summed E-state index contributed by atoms with van der Waals surface area (Å²) in [4.78, 5) is 47.2. The topological polar surface area (TPSA) is 101 Å². The van der Waals surface area contributed by atoms with E-state index in [1.165, 1.54) is 11.8 Å². The number of rotatable bonds is 3. The van der Waals surface area contributed by atoms with Gasteiger partial charge in [-0.15, -0.1) is 0 Å². The minimum atomic E-state index is -0.742. The van der Waals surface area contributed by atoms with Gasteiger partial charge in [-0.1, -0.05) is 48.2 Å². The predicted octanol–water partition coefficient (Wildman–Crippen LogP) is 3.39. The third-order valence-electron chi connectivity index (χ3n) is 5.55. The van der Waals surface area contributed by atoms with Gasteiger partial charge < -0.3 is 15.0 Å². The molecule has 0 radical (unpaired) electrons. The maximum atomic E-state index is 13.5. The van der Waals surface area contributed by atoms with Gasteiger partial charge in [0.05, 0.1) is 18.4 Å². The number of hydrogen-bond donors (Lipinski definition) is 2. The van der Waals surface area contributed by atoms with Gasteiger partial charge in [-0.2, -0.15) is 0 Å². The van der Waals surface area contributed by atoms with Gasteiger partial charge in [-0.3, -0.25) is 14.4 Å². The summed E-state index contributed by atoms with van der Waals surface area (Å²) in [6.45, 7) is 0. The zero-order chi connectivity index (χ0) is 21.7. The van der Waals surface area contributed by atoms with E-state index in [0.717, 1.165) is 0 Å². The Balaban J connectivity index is 1.80. The molecular weight excluding hydrogens is 414 g/mol. The molecule has 2 aliphatic rings. The molecule has 1 aliphatic heterocycles. The first-order chi connectivity index (χ1) is 15.0. The first-order valence-corrected chi connectivity index (χ1v) is 10.8. The molecule has 1 aromatic heterocycles. The summed E-state index contributed by atoms with van der Waals surface area (Å²) < 4.78 is 5.24. The Hall–Kier alpha value is -3.65. The fourth-order valence-electron chi connectivity index (χ4n) is 4.11. The third-order valence-corrected chi connectivity index (χ3v) is 6.13. The first kappa shape index (κ1) is 19.3. The summed E-state index contributed by atoms with van der Waals surface area (Å²) in [7, 11) is 1.56. The average Bonchev–Trinajstić information content (AvgIpc) is 2.81. The van der Waals surface area contributed by atoms with E-state index < -0.39 is 5.92 Å². The first-order valence-electron chi connectivity index (χ1n) is 9.55. The van der Waals surface area contributed by atoms with E-state index in [-0.39, 0.29) is 34.2 Å². The second kappa shape index (κ2) is 7.24. The molecule has 2 heterocycles. The quantitative estimate of drug-likeness (QED) is 0.484. The van der Waals surface area contributed by atoms with Crippen molar-refractivity contribution >= 4 is 29.1 Å². The van der Waals surface area contributed by atoms with Crippen LogP contribution in [0.3, 0.4) is 0 Å². The number of thioether (sulfide) groups is 1. The predicted molar refractivity (Wildman–Crippen MR) is 117 cm³/mol. The molecule has 2 aromatic carbocycles. The number of hydrogen-bond acceptors (Lipinski definition) is 7. The van der Waals surface area contributed by atoms with Gasteiger partial charge in [0, 0.05) is 22.6 Å². The number of anilines is 1. The van der Waals surface area contributed by atoms with Crippen molar-refractivity contribution in [2.75, 3.05) is 18.7 Å². The molecule has 0 fully saturated rings. The number of nitrogens with zero attached hydrogens (tertiary/aromatic N) is 1.